The molecule has 1 fully saturated rings. The van der Waals surface area contributed by atoms with Crippen LogP contribution in [0, 0.1) is 6.92 Å². The molecule has 1 aromatic heterocycles. The summed E-state index contributed by atoms with van der Waals surface area (Å²) in [4.78, 5) is 31.6. The molecule has 1 aliphatic heterocycles. The molecule has 4 rings (SSSR count). The van der Waals surface area contributed by atoms with Crippen molar-refractivity contribution in [3.05, 3.63) is 54.1 Å². The number of carbonyl (C=O) groups is 2. The van der Waals surface area contributed by atoms with Gasteiger partial charge in [-0.05, 0) is 56.0 Å². The van der Waals surface area contributed by atoms with Gasteiger partial charge in [0.1, 0.15) is 11.8 Å². The molecule has 7 heteroatoms. The maximum atomic E-state index is 12.8. The average Bonchev–Trinajstić information content (AvgIpc) is 3.37. The molecule has 1 N–H and O–H groups in total. The minimum atomic E-state index is -0.429. The monoisotopic (exact) mass is 423 g/mol. The van der Waals surface area contributed by atoms with E-state index in [0.717, 1.165) is 28.0 Å². The Balaban J connectivity index is 1.28. The van der Waals surface area contributed by atoms with E-state index in [0.29, 0.717) is 37.5 Å². The Hall–Kier alpha value is -2.93. The summed E-state index contributed by atoms with van der Waals surface area (Å²) in [5.74, 6) is 0.664. The molecule has 0 unspecified atom stereocenters. The minimum Gasteiger partial charge on any atom is -0.494 e. The number of aryl methyl sites for hydroxylation is 1. The van der Waals surface area contributed by atoms with Gasteiger partial charge in [-0.3, -0.25) is 9.59 Å². The van der Waals surface area contributed by atoms with Crippen molar-refractivity contribution in [3.8, 4) is 5.75 Å². The number of rotatable bonds is 7. The number of aromatic nitrogens is 1. The van der Waals surface area contributed by atoms with Crippen LogP contribution in [0.1, 0.15) is 31.2 Å². The van der Waals surface area contributed by atoms with E-state index < -0.39 is 6.04 Å². The van der Waals surface area contributed by atoms with E-state index in [2.05, 4.69) is 10.3 Å². The number of nitrogens with one attached hydrogen (secondary N) is 1. The van der Waals surface area contributed by atoms with Crippen LogP contribution in [0.3, 0.4) is 0 Å². The van der Waals surface area contributed by atoms with Crippen LogP contribution in [0.4, 0.5) is 5.13 Å². The topological polar surface area (TPSA) is 71.5 Å². The Labute approximate surface area is 179 Å². The molecular weight excluding hydrogens is 398 g/mol. The van der Waals surface area contributed by atoms with Crippen LogP contribution in [0.2, 0.25) is 0 Å². The van der Waals surface area contributed by atoms with Crippen LogP contribution < -0.4 is 10.1 Å². The maximum absolute atomic E-state index is 12.8. The van der Waals surface area contributed by atoms with Gasteiger partial charge in [0.05, 0.1) is 16.8 Å². The molecule has 0 saturated carbocycles. The summed E-state index contributed by atoms with van der Waals surface area (Å²) in [7, 11) is 0. The molecule has 0 spiro atoms. The zero-order chi connectivity index (χ0) is 20.9. The highest BCUT2D eigenvalue weighted by molar-refractivity contribution is 7.22. The molecule has 1 saturated heterocycles. The predicted octanol–water partition coefficient (Wildman–Crippen LogP) is 4.39. The van der Waals surface area contributed by atoms with Crippen LogP contribution in [0.15, 0.2) is 48.5 Å². The fourth-order valence-corrected chi connectivity index (χ4v) is 4.58. The van der Waals surface area contributed by atoms with Crippen molar-refractivity contribution in [2.75, 3.05) is 18.5 Å². The van der Waals surface area contributed by atoms with Crippen LogP contribution in [0.5, 0.6) is 5.75 Å². The van der Waals surface area contributed by atoms with Crippen molar-refractivity contribution >= 4 is 38.5 Å². The molecule has 2 amide bonds. The molecule has 3 aromatic rings. The molecule has 156 valence electrons. The van der Waals surface area contributed by atoms with E-state index in [1.807, 2.05) is 55.5 Å². The number of amides is 2. The first-order chi connectivity index (χ1) is 14.6. The number of fused-ring (bicyclic) bond motifs is 1. The van der Waals surface area contributed by atoms with Gasteiger partial charge >= 0.3 is 0 Å². The lowest BCUT2D eigenvalue weighted by molar-refractivity contribution is -0.136. The Morgan fingerprint density at radius 2 is 2.10 bits per heavy atom. The second-order valence-corrected chi connectivity index (χ2v) is 8.52. The van der Waals surface area contributed by atoms with Crippen molar-refractivity contribution in [2.24, 2.45) is 0 Å². The summed E-state index contributed by atoms with van der Waals surface area (Å²) in [6.07, 6.45) is 2.51. The van der Waals surface area contributed by atoms with Gasteiger partial charge in [-0.15, -0.1) is 0 Å². The number of thiazole rings is 1. The van der Waals surface area contributed by atoms with Crippen molar-refractivity contribution in [2.45, 2.75) is 38.6 Å². The number of hydrogen-bond donors (Lipinski definition) is 1. The summed E-state index contributed by atoms with van der Waals surface area (Å²) < 4.78 is 6.75. The molecule has 0 radical (unpaired) electrons. The first kappa shape index (κ1) is 20.3. The Bertz CT molecular complexity index is 1020. The van der Waals surface area contributed by atoms with Gasteiger partial charge in [0.25, 0.3) is 0 Å². The number of carbonyl (C=O) groups excluding carboxylic acids is 2. The van der Waals surface area contributed by atoms with Crippen molar-refractivity contribution in [3.63, 3.8) is 0 Å². The lowest BCUT2D eigenvalue weighted by Gasteiger charge is -2.23. The van der Waals surface area contributed by atoms with Gasteiger partial charge in [-0.1, -0.05) is 35.6 Å². The summed E-state index contributed by atoms with van der Waals surface area (Å²) in [6, 6.07) is 15.2. The molecule has 2 heterocycles. The molecule has 2 aromatic carbocycles. The lowest BCUT2D eigenvalue weighted by atomic mass is 10.2. The molecule has 1 aliphatic rings. The Kier molecular flexibility index (Phi) is 6.28. The minimum absolute atomic E-state index is 0.00444. The second kappa shape index (κ2) is 9.26. The third kappa shape index (κ3) is 4.79. The van der Waals surface area contributed by atoms with Gasteiger partial charge < -0.3 is 15.0 Å². The van der Waals surface area contributed by atoms with E-state index in [1.165, 1.54) is 11.3 Å². The number of hydrogen-bond acceptors (Lipinski definition) is 5. The molecule has 30 heavy (non-hydrogen) atoms. The highest BCUT2D eigenvalue weighted by Gasteiger charge is 2.34. The third-order valence-electron chi connectivity index (χ3n) is 5.19. The standard InChI is InChI=1S/C23H25N3O3S/c1-16-7-4-8-17(15-16)29-14-6-12-21(27)26-13-5-10-19(26)22(28)25-23-24-18-9-2-3-11-20(18)30-23/h2-4,7-9,11,15,19H,5-6,10,12-14H2,1H3,(H,24,25,28)/t19-/m1/s1. The molecule has 6 nitrogen and oxygen atoms in total. The summed E-state index contributed by atoms with van der Waals surface area (Å²) >= 11 is 1.45. The summed E-state index contributed by atoms with van der Waals surface area (Å²) in [5.41, 5.74) is 2.01. The lowest BCUT2D eigenvalue weighted by Crippen LogP contribution is -2.43. The number of likely N-dealkylation sites (tertiary alicyclic amines) is 1. The zero-order valence-corrected chi connectivity index (χ0v) is 17.8. The van der Waals surface area contributed by atoms with Gasteiger partial charge in [-0.2, -0.15) is 0 Å². The van der Waals surface area contributed by atoms with Gasteiger partial charge in [0.15, 0.2) is 5.13 Å². The first-order valence-electron chi connectivity index (χ1n) is 10.3. The number of nitrogens with zero attached hydrogens (tertiary/aromatic N) is 2. The quantitative estimate of drug-likeness (QED) is 0.572. The Morgan fingerprint density at radius 3 is 2.93 bits per heavy atom. The number of benzene rings is 2. The maximum Gasteiger partial charge on any atom is 0.248 e. The van der Waals surface area contributed by atoms with E-state index in [-0.39, 0.29) is 11.8 Å². The molecule has 0 bridgehead atoms. The van der Waals surface area contributed by atoms with E-state index in [1.54, 1.807) is 4.90 Å². The Morgan fingerprint density at radius 1 is 1.23 bits per heavy atom. The van der Waals surface area contributed by atoms with Crippen molar-refractivity contribution in [1.82, 2.24) is 9.88 Å². The van der Waals surface area contributed by atoms with Crippen LogP contribution >= 0.6 is 11.3 Å². The molecule has 1 atom stereocenters. The highest BCUT2D eigenvalue weighted by Crippen LogP contribution is 2.27. The first-order valence-corrected chi connectivity index (χ1v) is 11.1. The predicted molar refractivity (Wildman–Crippen MR) is 119 cm³/mol. The van der Waals surface area contributed by atoms with Crippen LogP contribution in [0.25, 0.3) is 10.2 Å². The van der Waals surface area contributed by atoms with Gasteiger partial charge in [0.2, 0.25) is 11.8 Å². The van der Waals surface area contributed by atoms with E-state index >= 15 is 0 Å². The second-order valence-electron chi connectivity index (χ2n) is 7.49. The van der Waals surface area contributed by atoms with Crippen LogP contribution in [-0.2, 0) is 9.59 Å². The average molecular weight is 424 g/mol. The van der Waals surface area contributed by atoms with Crippen LogP contribution in [-0.4, -0.2) is 40.9 Å². The smallest absolute Gasteiger partial charge is 0.248 e. The van der Waals surface area contributed by atoms with E-state index in [9.17, 15) is 9.59 Å². The van der Waals surface area contributed by atoms with E-state index in [4.69, 9.17) is 4.74 Å². The fourth-order valence-electron chi connectivity index (χ4n) is 3.71. The van der Waals surface area contributed by atoms with Gasteiger partial charge in [-0.25, -0.2) is 4.98 Å². The molecular formula is C23H25N3O3S. The highest BCUT2D eigenvalue weighted by atomic mass is 32.1. The number of para-hydroxylation sites is 1. The normalized spacial score (nSPS) is 16.0. The zero-order valence-electron chi connectivity index (χ0n) is 17.0. The summed E-state index contributed by atoms with van der Waals surface area (Å²) in [5, 5.41) is 3.48. The largest absolute Gasteiger partial charge is 0.494 e. The van der Waals surface area contributed by atoms with Gasteiger partial charge in [0, 0.05) is 13.0 Å². The fraction of sp³-hybridized carbons (Fsp3) is 0.348. The number of ether oxygens (including phenoxy) is 1. The molecule has 0 aliphatic carbocycles. The summed E-state index contributed by atoms with van der Waals surface area (Å²) in [6.45, 7) is 3.12. The third-order valence-corrected chi connectivity index (χ3v) is 6.14. The number of anilines is 1. The SMILES string of the molecule is Cc1cccc(OCCCC(=O)N2CCC[C@@H]2C(=O)Nc2nc3ccccc3s2)c1. The van der Waals surface area contributed by atoms with Crippen molar-refractivity contribution < 1.29 is 14.3 Å². The van der Waals surface area contributed by atoms with Crippen molar-refractivity contribution in [1.29, 1.82) is 0 Å².